The highest BCUT2D eigenvalue weighted by Crippen LogP contribution is 2.21. The van der Waals surface area contributed by atoms with Crippen molar-refractivity contribution in [1.82, 2.24) is 0 Å². The van der Waals surface area contributed by atoms with Crippen molar-refractivity contribution in [3.8, 4) is 0 Å². The van der Waals surface area contributed by atoms with Gasteiger partial charge in [-0.1, -0.05) is 36.4 Å². The van der Waals surface area contributed by atoms with Gasteiger partial charge < -0.3 is 11.1 Å². The SMILES string of the molecule is Cc1ccc(NC(C)CCc2ccccc2)c(N)c1. The molecule has 2 aromatic carbocycles. The Morgan fingerprint density at radius 1 is 1.11 bits per heavy atom. The lowest BCUT2D eigenvalue weighted by Crippen LogP contribution is -2.17. The lowest BCUT2D eigenvalue weighted by atomic mass is 10.1. The van der Waals surface area contributed by atoms with Gasteiger partial charge in [0.1, 0.15) is 0 Å². The molecule has 0 fully saturated rings. The quantitative estimate of drug-likeness (QED) is 0.791. The first-order chi connectivity index (χ1) is 9.15. The molecule has 0 aromatic heterocycles. The van der Waals surface area contributed by atoms with Gasteiger partial charge in [0.05, 0.1) is 11.4 Å². The molecule has 0 aliphatic carbocycles. The van der Waals surface area contributed by atoms with Crippen LogP contribution in [0.3, 0.4) is 0 Å². The van der Waals surface area contributed by atoms with Crippen LogP contribution in [-0.4, -0.2) is 6.04 Å². The molecule has 1 unspecified atom stereocenters. The summed E-state index contributed by atoms with van der Waals surface area (Å²) >= 11 is 0. The molecule has 100 valence electrons. The van der Waals surface area contributed by atoms with E-state index in [9.17, 15) is 0 Å². The zero-order valence-corrected chi connectivity index (χ0v) is 11.7. The molecule has 0 radical (unpaired) electrons. The van der Waals surface area contributed by atoms with Crippen LogP contribution in [0.25, 0.3) is 0 Å². The van der Waals surface area contributed by atoms with Crippen molar-refractivity contribution in [1.29, 1.82) is 0 Å². The zero-order valence-electron chi connectivity index (χ0n) is 11.7. The zero-order chi connectivity index (χ0) is 13.7. The van der Waals surface area contributed by atoms with Crippen molar-refractivity contribution < 1.29 is 0 Å². The molecule has 2 heteroatoms. The van der Waals surface area contributed by atoms with Gasteiger partial charge in [0, 0.05) is 6.04 Å². The molecule has 1 atom stereocenters. The van der Waals surface area contributed by atoms with Crippen LogP contribution in [0.1, 0.15) is 24.5 Å². The molecule has 0 amide bonds. The van der Waals surface area contributed by atoms with E-state index in [1.165, 1.54) is 11.1 Å². The Labute approximate surface area is 115 Å². The number of aryl methyl sites for hydroxylation is 2. The van der Waals surface area contributed by atoms with E-state index in [1.807, 2.05) is 6.07 Å². The van der Waals surface area contributed by atoms with Crippen LogP contribution in [-0.2, 0) is 6.42 Å². The van der Waals surface area contributed by atoms with Crippen LogP contribution in [0.15, 0.2) is 48.5 Å². The van der Waals surface area contributed by atoms with Gasteiger partial charge in [-0.25, -0.2) is 0 Å². The van der Waals surface area contributed by atoms with E-state index in [0.29, 0.717) is 6.04 Å². The molecular weight excluding hydrogens is 232 g/mol. The number of nitrogen functional groups attached to an aromatic ring is 1. The Balaban J connectivity index is 1.89. The first-order valence-corrected chi connectivity index (χ1v) is 6.82. The number of nitrogens with two attached hydrogens (primary N) is 1. The van der Waals surface area contributed by atoms with Gasteiger partial charge in [-0.3, -0.25) is 0 Å². The van der Waals surface area contributed by atoms with E-state index in [4.69, 9.17) is 5.73 Å². The Kier molecular flexibility index (Phi) is 4.45. The average Bonchev–Trinajstić information content (AvgIpc) is 2.41. The molecule has 0 saturated carbocycles. The number of rotatable bonds is 5. The molecular formula is C17H22N2. The summed E-state index contributed by atoms with van der Waals surface area (Å²) in [6, 6.07) is 17.1. The van der Waals surface area contributed by atoms with Crippen LogP contribution >= 0.6 is 0 Å². The smallest absolute Gasteiger partial charge is 0.0576 e. The van der Waals surface area contributed by atoms with Gasteiger partial charge in [-0.15, -0.1) is 0 Å². The Morgan fingerprint density at radius 2 is 1.84 bits per heavy atom. The summed E-state index contributed by atoms with van der Waals surface area (Å²) in [4.78, 5) is 0. The molecule has 0 heterocycles. The van der Waals surface area contributed by atoms with E-state index in [1.54, 1.807) is 0 Å². The maximum absolute atomic E-state index is 6.01. The molecule has 2 rings (SSSR count). The number of hydrogen-bond donors (Lipinski definition) is 2. The first kappa shape index (κ1) is 13.5. The predicted octanol–water partition coefficient (Wildman–Crippen LogP) is 4.01. The minimum absolute atomic E-state index is 0.408. The van der Waals surface area contributed by atoms with Crippen LogP contribution in [0.2, 0.25) is 0 Å². The molecule has 0 spiro atoms. The second kappa shape index (κ2) is 6.28. The third-order valence-electron chi connectivity index (χ3n) is 3.32. The number of hydrogen-bond acceptors (Lipinski definition) is 2. The van der Waals surface area contributed by atoms with Crippen molar-refractivity contribution in [3.63, 3.8) is 0 Å². The van der Waals surface area contributed by atoms with E-state index in [0.717, 1.165) is 24.2 Å². The van der Waals surface area contributed by atoms with Gasteiger partial charge in [-0.05, 0) is 49.9 Å². The van der Waals surface area contributed by atoms with Crippen LogP contribution in [0.4, 0.5) is 11.4 Å². The molecule has 19 heavy (non-hydrogen) atoms. The third kappa shape index (κ3) is 4.02. The van der Waals surface area contributed by atoms with Gasteiger partial charge in [0.25, 0.3) is 0 Å². The fourth-order valence-corrected chi connectivity index (χ4v) is 2.18. The topological polar surface area (TPSA) is 38.0 Å². The second-order valence-electron chi connectivity index (χ2n) is 5.16. The highest BCUT2D eigenvalue weighted by molar-refractivity contribution is 5.67. The minimum Gasteiger partial charge on any atom is -0.397 e. The number of nitrogens with one attached hydrogen (secondary N) is 1. The maximum Gasteiger partial charge on any atom is 0.0576 e. The van der Waals surface area contributed by atoms with Crippen molar-refractivity contribution >= 4 is 11.4 Å². The van der Waals surface area contributed by atoms with E-state index < -0.39 is 0 Å². The van der Waals surface area contributed by atoms with E-state index >= 15 is 0 Å². The first-order valence-electron chi connectivity index (χ1n) is 6.82. The molecule has 0 saturated heterocycles. The molecule has 2 nitrogen and oxygen atoms in total. The van der Waals surface area contributed by atoms with Crippen molar-refractivity contribution in [2.24, 2.45) is 0 Å². The molecule has 3 N–H and O–H groups in total. The Bertz CT molecular complexity index is 520. The van der Waals surface area contributed by atoms with E-state index in [2.05, 4.69) is 61.6 Å². The fraction of sp³-hybridized carbons (Fsp3) is 0.294. The monoisotopic (exact) mass is 254 g/mol. The lowest BCUT2D eigenvalue weighted by molar-refractivity contribution is 0.706. The van der Waals surface area contributed by atoms with Gasteiger partial charge in [0.15, 0.2) is 0 Å². The molecule has 0 bridgehead atoms. The number of anilines is 2. The maximum atomic E-state index is 6.01. The normalized spacial score (nSPS) is 12.1. The predicted molar refractivity (Wildman–Crippen MR) is 83.4 cm³/mol. The summed E-state index contributed by atoms with van der Waals surface area (Å²) in [5, 5.41) is 3.48. The molecule has 0 aliphatic rings. The Hall–Kier alpha value is -1.96. The summed E-state index contributed by atoms with van der Waals surface area (Å²) in [7, 11) is 0. The lowest BCUT2D eigenvalue weighted by Gasteiger charge is -2.17. The van der Waals surface area contributed by atoms with Gasteiger partial charge in [0.2, 0.25) is 0 Å². The minimum atomic E-state index is 0.408. The highest BCUT2D eigenvalue weighted by Gasteiger charge is 2.05. The van der Waals surface area contributed by atoms with Crippen LogP contribution in [0, 0.1) is 6.92 Å². The highest BCUT2D eigenvalue weighted by atomic mass is 14.9. The summed E-state index contributed by atoms with van der Waals surface area (Å²) in [6.45, 7) is 4.25. The fourth-order valence-electron chi connectivity index (χ4n) is 2.18. The van der Waals surface area contributed by atoms with Crippen LogP contribution < -0.4 is 11.1 Å². The molecule has 2 aromatic rings. The largest absolute Gasteiger partial charge is 0.397 e. The standard InChI is InChI=1S/C17H22N2/c1-13-8-11-17(16(18)12-13)19-14(2)9-10-15-6-4-3-5-7-15/h3-8,11-12,14,19H,9-10,18H2,1-2H3. The summed E-state index contributed by atoms with van der Waals surface area (Å²) in [5.74, 6) is 0. The summed E-state index contributed by atoms with van der Waals surface area (Å²) in [6.07, 6.45) is 2.18. The van der Waals surface area contributed by atoms with Crippen molar-refractivity contribution in [2.45, 2.75) is 32.7 Å². The van der Waals surface area contributed by atoms with Crippen molar-refractivity contribution in [2.75, 3.05) is 11.1 Å². The second-order valence-corrected chi connectivity index (χ2v) is 5.16. The van der Waals surface area contributed by atoms with E-state index in [-0.39, 0.29) is 0 Å². The number of benzene rings is 2. The summed E-state index contributed by atoms with van der Waals surface area (Å²) < 4.78 is 0. The average molecular weight is 254 g/mol. The van der Waals surface area contributed by atoms with Crippen LogP contribution in [0.5, 0.6) is 0 Å². The Morgan fingerprint density at radius 3 is 2.53 bits per heavy atom. The third-order valence-corrected chi connectivity index (χ3v) is 3.32. The van der Waals surface area contributed by atoms with Gasteiger partial charge in [-0.2, -0.15) is 0 Å². The van der Waals surface area contributed by atoms with Crippen molar-refractivity contribution in [3.05, 3.63) is 59.7 Å². The molecule has 0 aliphatic heterocycles. The van der Waals surface area contributed by atoms with Gasteiger partial charge >= 0.3 is 0 Å². The summed E-state index contributed by atoms with van der Waals surface area (Å²) in [5.41, 5.74) is 10.5.